The second-order valence-corrected chi connectivity index (χ2v) is 7.69. The lowest BCUT2D eigenvalue weighted by atomic mass is 10.2. The smallest absolute Gasteiger partial charge is 0.191 e. The minimum absolute atomic E-state index is 0. The summed E-state index contributed by atoms with van der Waals surface area (Å²) < 4.78 is 9.39. The van der Waals surface area contributed by atoms with Crippen LogP contribution in [0.5, 0.6) is 0 Å². The van der Waals surface area contributed by atoms with Crippen LogP contribution in [0.3, 0.4) is 0 Å². The van der Waals surface area contributed by atoms with Crippen molar-refractivity contribution < 1.29 is 4.74 Å². The van der Waals surface area contributed by atoms with Gasteiger partial charge in [0.25, 0.3) is 0 Å². The monoisotopic (exact) mass is 566 g/mol. The van der Waals surface area contributed by atoms with Crippen molar-refractivity contribution >= 4 is 29.9 Å². The van der Waals surface area contributed by atoms with E-state index in [1.807, 2.05) is 49.2 Å². The fraction of sp³-hybridized carbons (Fsp3) is 0.478. The molecule has 0 unspecified atom stereocenters. The van der Waals surface area contributed by atoms with Gasteiger partial charge in [-0.1, -0.05) is 18.2 Å². The number of aromatic nitrogens is 5. The van der Waals surface area contributed by atoms with E-state index in [1.54, 1.807) is 0 Å². The van der Waals surface area contributed by atoms with Gasteiger partial charge < -0.3 is 19.9 Å². The number of nitrogens with one attached hydrogen (secondary N) is 2. The lowest BCUT2D eigenvalue weighted by molar-refractivity contribution is 0.145. The zero-order valence-corrected chi connectivity index (χ0v) is 22.5. The Morgan fingerprint density at radius 2 is 1.91 bits per heavy atom. The number of aryl methyl sites for hydroxylation is 3. The molecular formula is C23H35IN8O. The first kappa shape index (κ1) is 26.8. The summed E-state index contributed by atoms with van der Waals surface area (Å²) in [4.78, 5) is 4.84. The lowest BCUT2D eigenvalue weighted by Crippen LogP contribution is -2.38. The number of rotatable bonds is 10. The lowest BCUT2D eigenvalue weighted by Gasteiger charge is -2.14. The van der Waals surface area contributed by atoms with Gasteiger partial charge in [-0.25, -0.2) is 9.67 Å². The number of para-hydroxylation sites is 1. The summed E-state index contributed by atoms with van der Waals surface area (Å²) in [6, 6.07) is 10.3. The summed E-state index contributed by atoms with van der Waals surface area (Å²) in [6.07, 6.45) is 0.903. The number of hydrogen-bond donors (Lipinski definition) is 2. The fourth-order valence-corrected chi connectivity index (χ4v) is 3.36. The van der Waals surface area contributed by atoms with E-state index in [0.29, 0.717) is 13.1 Å². The van der Waals surface area contributed by atoms with Crippen molar-refractivity contribution in [1.29, 1.82) is 0 Å². The predicted octanol–water partition coefficient (Wildman–Crippen LogP) is 3.21. The third-order valence-corrected chi connectivity index (χ3v) is 5.20. The summed E-state index contributed by atoms with van der Waals surface area (Å²) in [6.45, 7) is 11.3. The Kier molecular flexibility index (Phi) is 10.8. The molecule has 0 aliphatic rings. The molecule has 0 spiro atoms. The first-order valence-corrected chi connectivity index (χ1v) is 11.1. The summed E-state index contributed by atoms with van der Waals surface area (Å²) in [5, 5.41) is 19.8. The van der Waals surface area contributed by atoms with Crippen molar-refractivity contribution in [2.45, 2.75) is 47.2 Å². The molecular weight excluding hydrogens is 531 g/mol. The maximum atomic E-state index is 5.44. The number of guanidine groups is 1. The van der Waals surface area contributed by atoms with Gasteiger partial charge in [-0.2, -0.15) is 5.10 Å². The Bertz CT molecular complexity index is 1040. The molecule has 0 aliphatic heterocycles. The van der Waals surface area contributed by atoms with Crippen LogP contribution in [0.2, 0.25) is 0 Å². The highest BCUT2D eigenvalue weighted by Crippen LogP contribution is 2.17. The van der Waals surface area contributed by atoms with E-state index >= 15 is 0 Å². The normalized spacial score (nSPS) is 11.4. The van der Waals surface area contributed by atoms with Crippen LogP contribution in [-0.2, 0) is 24.9 Å². The molecule has 9 nitrogen and oxygen atoms in total. The number of aliphatic imine (C=N–C) groups is 1. The molecule has 3 aromatic rings. The molecule has 33 heavy (non-hydrogen) atoms. The molecule has 10 heteroatoms. The van der Waals surface area contributed by atoms with E-state index in [-0.39, 0.29) is 24.0 Å². The van der Waals surface area contributed by atoms with Crippen LogP contribution in [0.25, 0.3) is 5.69 Å². The van der Waals surface area contributed by atoms with E-state index in [2.05, 4.69) is 51.1 Å². The van der Waals surface area contributed by atoms with Crippen molar-refractivity contribution in [3.63, 3.8) is 0 Å². The highest BCUT2D eigenvalue weighted by atomic mass is 127. The Balaban J connectivity index is 0.00000385. The van der Waals surface area contributed by atoms with Crippen LogP contribution >= 0.6 is 24.0 Å². The molecule has 0 amide bonds. The number of nitrogens with zero attached hydrogens (tertiary/aromatic N) is 6. The third-order valence-electron chi connectivity index (χ3n) is 5.20. The Morgan fingerprint density at radius 3 is 2.58 bits per heavy atom. The van der Waals surface area contributed by atoms with Crippen molar-refractivity contribution in [2.24, 2.45) is 12.0 Å². The minimum Gasteiger partial charge on any atom is -0.382 e. The van der Waals surface area contributed by atoms with E-state index in [9.17, 15) is 0 Å². The first-order chi connectivity index (χ1) is 15.5. The van der Waals surface area contributed by atoms with E-state index in [1.165, 1.54) is 0 Å². The third kappa shape index (κ3) is 7.53. The second-order valence-electron chi connectivity index (χ2n) is 7.69. The molecule has 1 aromatic carbocycles. The zero-order valence-electron chi connectivity index (χ0n) is 20.1. The van der Waals surface area contributed by atoms with Gasteiger partial charge in [-0.05, 0) is 51.8 Å². The molecule has 180 valence electrons. The maximum absolute atomic E-state index is 5.44. The fourth-order valence-electron chi connectivity index (χ4n) is 3.36. The molecule has 0 radical (unpaired) electrons. The molecule has 0 saturated carbocycles. The molecule has 2 heterocycles. The SMILES string of the molecule is CCOCCCNC(=NCc1ccccc1-n1nc(C)cc1C)NCc1nnc(C)n1C.I. The van der Waals surface area contributed by atoms with Crippen LogP contribution in [0.1, 0.15) is 41.9 Å². The average molecular weight is 566 g/mol. The molecule has 2 N–H and O–H groups in total. The largest absolute Gasteiger partial charge is 0.382 e. The molecule has 0 bridgehead atoms. The standard InChI is InChI=1S/C23H34N8O.HI/c1-6-32-13-9-12-24-23(26-16-22-28-27-19(4)30(22)5)25-15-20-10-7-8-11-21(20)31-18(3)14-17(2)29-31;/h7-8,10-11,14H,6,9,12-13,15-16H2,1-5H3,(H2,24,25,26);1H. The summed E-state index contributed by atoms with van der Waals surface area (Å²) in [5.74, 6) is 2.46. The molecule has 0 aliphatic carbocycles. The van der Waals surface area contributed by atoms with Crippen molar-refractivity contribution in [3.8, 4) is 5.69 Å². The number of benzene rings is 1. The Morgan fingerprint density at radius 1 is 1.12 bits per heavy atom. The van der Waals surface area contributed by atoms with E-state index in [0.717, 1.165) is 66.4 Å². The molecule has 3 rings (SSSR count). The first-order valence-electron chi connectivity index (χ1n) is 11.1. The van der Waals surface area contributed by atoms with Gasteiger partial charge in [0.05, 0.1) is 24.5 Å². The predicted molar refractivity (Wildman–Crippen MR) is 141 cm³/mol. The molecule has 0 fully saturated rings. The molecule has 0 saturated heterocycles. The van der Waals surface area contributed by atoms with Crippen LogP contribution in [0.15, 0.2) is 35.3 Å². The Hall–Kier alpha value is -2.47. The van der Waals surface area contributed by atoms with Gasteiger partial charge >= 0.3 is 0 Å². The summed E-state index contributed by atoms with van der Waals surface area (Å²) in [5.41, 5.74) is 4.24. The number of hydrogen-bond acceptors (Lipinski definition) is 5. The zero-order chi connectivity index (χ0) is 22.9. The van der Waals surface area contributed by atoms with Crippen molar-refractivity contribution in [2.75, 3.05) is 19.8 Å². The van der Waals surface area contributed by atoms with Gasteiger partial charge in [0.2, 0.25) is 0 Å². The van der Waals surface area contributed by atoms with Crippen molar-refractivity contribution in [3.05, 3.63) is 58.9 Å². The van der Waals surface area contributed by atoms with Gasteiger partial charge in [-0.15, -0.1) is 34.2 Å². The van der Waals surface area contributed by atoms with Crippen LogP contribution in [0.4, 0.5) is 0 Å². The van der Waals surface area contributed by atoms with Gasteiger partial charge in [0, 0.05) is 32.5 Å². The van der Waals surface area contributed by atoms with Crippen LogP contribution in [0, 0.1) is 20.8 Å². The maximum Gasteiger partial charge on any atom is 0.191 e. The number of ether oxygens (including phenoxy) is 1. The summed E-state index contributed by atoms with van der Waals surface area (Å²) >= 11 is 0. The highest BCUT2D eigenvalue weighted by molar-refractivity contribution is 14.0. The Labute approximate surface area is 213 Å². The number of halogens is 1. The minimum atomic E-state index is 0. The molecule has 2 aromatic heterocycles. The van der Waals surface area contributed by atoms with Crippen molar-refractivity contribution in [1.82, 2.24) is 35.2 Å². The van der Waals surface area contributed by atoms with E-state index < -0.39 is 0 Å². The van der Waals surface area contributed by atoms with Crippen LogP contribution in [-0.4, -0.2) is 50.3 Å². The van der Waals surface area contributed by atoms with Crippen LogP contribution < -0.4 is 10.6 Å². The van der Waals surface area contributed by atoms with Gasteiger partial charge in [0.1, 0.15) is 5.82 Å². The average Bonchev–Trinajstić information content (AvgIpc) is 3.29. The quantitative estimate of drug-likeness (QED) is 0.170. The highest BCUT2D eigenvalue weighted by Gasteiger charge is 2.10. The van der Waals surface area contributed by atoms with E-state index in [4.69, 9.17) is 9.73 Å². The van der Waals surface area contributed by atoms with Gasteiger partial charge in [-0.3, -0.25) is 0 Å². The van der Waals surface area contributed by atoms with Gasteiger partial charge in [0.15, 0.2) is 11.8 Å². The molecule has 0 atom stereocenters. The summed E-state index contributed by atoms with van der Waals surface area (Å²) in [7, 11) is 1.96. The second kappa shape index (κ2) is 13.3. The topological polar surface area (TPSA) is 94.2 Å².